The third kappa shape index (κ3) is 4.27. The number of aryl methyl sites for hydroxylation is 1. The van der Waals surface area contributed by atoms with E-state index >= 15 is 0 Å². The number of hydrogen-bond acceptors (Lipinski definition) is 6. The lowest BCUT2D eigenvalue weighted by Gasteiger charge is -2.03. The molecule has 0 aliphatic rings. The molecule has 0 bridgehead atoms. The van der Waals surface area contributed by atoms with Crippen molar-refractivity contribution in [1.29, 1.82) is 0 Å². The average Bonchev–Trinajstić information content (AvgIpc) is 2.49. The van der Waals surface area contributed by atoms with Crippen molar-refractivity contribution in [3.63, 3.8) is 0 Å². The molecule has 2 N–H and O–H groups in total. The van der Waals surface area contributed by atoms with Crippen molar-refractivity contribution in [2.75, 3.05) is 12.0 Å². The first kappa shape index (κ1) is 14.4. The molecule has 2 aromatic rings. The Morgan fingerprint density at radius 2 is 2.33 bits per heavy atom. The molecule has 7 nitrogen and oxygen atoms in total. The molecule has 2 rings (SSSR count). The molecule has 108 valence electrons. The predicted octanol–water partition coefficient (Wildman–Crippen LogP) is 1.48. The summed E-state index contributed by atoms with van der Waals surface area (Å²) in [7, 11) is 0. The highest BCUT2D eigenvalue weighted by molar-refractivity contribution is 5.80. The number of ether oxygens (including phenoxy) is 1. The molecule has 1 heterocycles. The number of rotatable bonds is 6. The molecule has 0 atom stereocenters. The molecule has 1 aromatic carbocycles. The number of benzene rings is 1. The molecule has 0 unspecified atom stereocenters. The monoisotopic (exact) mass is 285 g/mol. The van der Waals surface area contributed by atoms with E-state index in [1.165, 1.54) is 0 Å². The minimum Gasteiger partial charge on any atom is -0.490 e. The van der Waals surface area contributed by atoms with Gasteiger partial charge in [-0.1, -0.05) is 24.8 Å². The summed E-state index contributed by atoms with van der Waals surface area (Å²) >= 11 is 0. The number of anilines is 1. The first-order valence-corrected chi connectivity index (χ1v) is 6.25. The summed E-state index contributed by atoms with van der Waals surface area (Å²) in [6.07, 6.45) is 3.26. The van der Waals surface area contributed by atoms with Crippen LogP contribution in [0.5, 0.6) is 5.75 Å². The summed E-state index contributed by atoms with van der Waals surface area (Å²) in [5, 5.41) is 11.4. The SMILES string of the molecule is C=CCOc1cccc(/C=N\Nc2nnc(C)c(=O)[nH]2)c1. The van der Waals surface area contributed by atoms with E-state index in [0.29, 0.717) is 12.3 Å². The largest absolute Gasteiger partial charge is 0.490 e. The number of H-pyrrole nitrogens is 1. The number of nitrogens with one attached hydrogen (secondary N) is 2. The van der Waals surface area contributed by atoms with E-state index in [2.05, 4.69) is 32.3 Å². The van der Waals surface area contributed by atoms with Crippen molar-refractivity contribution in [2.24, 2.45) is 5.10 Å². The first-order chi connectivity index (χ1) is 10.2. The topological polar surface area (TPSA) is 92.3 Å². The molecule has 7 heteroatoms. The molecular formula is C14H15N5O2. The van der Waals surface area contributed by atoms with Gasteiger partial charge in [-0.15, -0.1) is 10.2 Å². The van der Waals surface area contributed by atoms with Gasteiger partial charge >= 0.3 is 0 Å². The minimum absolute atomic E-state index is 0.181. The summed E-state index contributed by atoms with van der Waals surface area (Å²) in [6.45, 7) is 5.61. The van der Waals surface area contributed by atoms with Crippen LogP contribution in [-0.4, -0.2) is 28.0 Å². The minimum atomic E-state index is -0.303. The molecule has 1 aromatic heterocycles. The number of nitrogens with zero attached hydrogens (tertiary/aromatic N) is 3. The van der Waals surface area contributed by atoms with E-state index in [9.17, 15) is 4.79 Å². The van der Waals surface area contributed by atoms with Gasteiger partial charge in [0, 0.05) is 0 Å². The zero-order valence-electron chi connectivity index (χ0n) is 11.5. The summed E-state index contributed by atoms with van der Waals surface area (Å²) in [4.78, 5) is 13.9. The zero-order chi connectivity index (χ0) is 15.1. The summed E-state index contributed by atoms with van der Waals surface area (Å²) in [5.41, 5.74) is 3.45. The molecule has 0 saturated heterocycles. The molecule has 0 radical (unpaired) electrons. The van der Waals surface area contributed by atoms with Crippen LogP contribution in [0.2, 0.25) is 0 Å². The van der Waals surface area contributed by atoms with Gasteiger partial charge in [0.25, 0.3) is 5.56 Å². The van der Waals surface area contributed by atoms with Crippen LogP contribution >= 0.6 is 0 Å². The fourth-order valence-corrected chi connectivity index (χ4v) is 1.45. The van der Waals surface area contributed by atoms with Crippen molar-refractivity contribution in [3.05, 3.63) is 58.5 Å². The molecule has 21 heavy (non-hydrogen) atoms. The number of aromatic nitrogens is 3. The van der Waals surface area contributed by atoms with Gasteiger partial charge in [0.2, 0.25) is 5.95 Å². The lowest BCUT2D eigenvalue weighted by molar-refractivity contribution is 0.363. The van der Waals surface area contributed by atoms with Crippen LogP contribution < -0.4 is 15.7 Å². The first-order valence-electron chi connectivity index (χ1n) is 6.25. The van der Waals surface area contributed by atoms with Gasteiger partial charge in [-0.2, -0.15) is 5.10 Å². The van der Waals surface area contributed by atoms with Crippen molar-refractivity contribution < 1.29 is 4.74 Å². The Bertz CT molecular complexity index is 709. The van der Waals surface area contributed by atoms with Crippen molar-refractivity contribution >= 4 is 12.2 Å². The molecule has 0 aliphatic carbocycles. The van der Waals surface area contributed by atoms with Crippen LogP contribution in [0, 0.1) is 6.92 Å². The van der Waals surface area contributed by atoms with Gasteiger partial charge in [0.15, 0.2) is 0 Å². The summed E-state index contributed by atoms with van der Waals surface area (Å²) < 4.78 is 5.42. The Kier molecular flexibility index (Phi) is 4.81. The Labute approximate surface area is 121 Å². The fourth-order valence-electron chi connectivity index (χ4n) is 1.45. The van der Waals surface area contributed by atoms with Crippen molar-refractivity contribution in [3.8, 4) is 5.75 Å². The second-order valence-corrected chi connectivity index (χ2v) is 4.13. The highest BCUT2D eigenvalue weighted by atomic mass is 16.5. The smallest absolute Gasteiger partial charge is 0.274 e. The van der Waals surface area contributed by atoms with E-state index in [-0.39, 0.29) is 11.5 Å². The Balaban J connectivity index is 2.02. The van der Waals surface area contributed by atoms with Crippen molar-refractivity contribution in [2.45, 2.75) is 6.92 Å². The molecule has 0 amide bonds. The Hall–Kier alpha value is -2.96. The van der Waals surface area contributed by atoms with Crippen molar-refractivity contribution in [1.82, 2.24) is 15.2 Å². The number of aromatic amines is 1. The summed E-state index contributed by atoms with van der Waals surface area (Å²) in [5.74, 6) is 0.906. The van der Waals surface area contributed by atoms with Crippen LogP contribution in [0.25, 0.3) is 0 Å². The quantitative estimate of drug-likeness (QED) is 0.476. The normalized spacial score (nSPS) is 10.5. The van der Waals surface area contributed by atoms with E-state index in [1.807, 2.05) is 24.3 Å². The number of hydrogen-bond donors (Lipinski definition) is 2. The van der Waals surface area contributed by atoms with E-state index in [0.717, 1.165) is 11.3 Å². The van der Waals surface area contributed by atoms with Gasteiger partial charge in [0.1, 0.15) is 18.1 Å². The van der Waals surface area contributed by atoms with E-state index < -0.39 is 0 Å². The summed E-state index contributed by atoms with van der Waals surface area (Å²) in [6, 6.07) is 7.40. The third-order valence-electron chi connectivity index (χ3n) is 2.47. The predicted molar refractivity (Wildman–Crippen MR) is 80.7 cm³/mol. The van der Waals surface area contributed by atoms with Gasteiger partial charge in [-0.25, -0.2) is 5.43 Å². The van der Waals surface area contributed by atoms with Gasteiger partial charge < -0.3 is 4.74 Å². The molecule has 0 spiro atoms. The highest BCUT2D eigenvalue weighted by Crippen LogP contribution is 2.11. The standard InChI is InChI=1S/C14H15N5O2/c1-3-7-21-12-6-4-5-11(8-12)9-15-18-14-16-13(20)10(2)17-19-14/h3-6,8-9H,1,7H2,2H3,(H2,16,18,19,20)/b15-9-. The molecule has 0 aliphatic heterocycles. The van der Waals surface area contributed by atoms with Crippen LogP contribution in [0.4, 0.5) is 5.95 Å². The van der Waals surface area contributed by atoms with E-state index in [1.54, 1.807) is 19.2 Å². The lowest BCUT2D eigenvalue weighted by Crippen LogP contribution is -2.15. The van der Waals surface area contributed by atoms with Crippen LogP contribution in [0.3, 0.4) is 0 Å². The average molecular weight is 285 g/mol. The maximum absolute atomic E-state index is 11.3. The molecule has 0 fully saturated rings. The van der Waals surface area contributed by atoms with Gasteiger partial charge in [0.05, 0.1) is 6.21 Å². The Morgan fingerprint density at radius 3 is 3.10 bits per heavy atom. The Morgan fingerprint density at radius 1 is 1.48 bits per heavy atom. The zero-order valence-corrected chi connectivity index (χ0v) is 11.5. The highest BCUT2D eigenvalue weighted by Gasteiger charge is 1.98. The molecule has 0 saturated carbocycles. The van der Waals surface area contributed by atoms with Gasteiger partial charge in [-0.05, 0) is 24.6 Å². The van der Waals surface area contributed by atoms with Crippen LogP contribution in [0.1, 0.15) is 11.3 Å². The van der Waals surface area contributed by atoms with E-state index in [4.69, 9.17) is 4.74 Å². The lowest BCUT2D eigenvalue weighted by atomic mass is 10.2. The third-order valence-corrected chi connectivity index (χ3v) is 2.47. The second-order valence-electron chi connectivity index (χ2n) is 4.13. The fraction of sp³-hybridized carbons (Fsp3) is 0.143. The van der Waals surface area contributed by atoms with Gasteiger partial charge in [-0.3, -0.25) is 9.78 Å². The van der Waals surface area contributed by atoms with Crippen LogP contribution in [0.15, 0.2) is 46.8 Å². The molecular weight excluding hydrogens is 270 g/mol. The second kappa shape index (κ2) is 6.99. The maximum atomic E-state index is 11.3. The maximum Gasteiger partial charge on any atom is 0.274 e. The number of hydrazone groups is 1. The van der Waals surface area contributed by atoms with Crippen LogP contribution in [-0.2, 0) is 0 Å².